The van der Waals surface area contributed by atoms with Crippen molar-refractivity contribution in [1.82, 2.24) is 6.15 Å². The Bertz CT molecular complexity index is 69.1. The van der Waals surface area contributed by atoms with Gasteiger partial charge in [-0.05, 0) is 12.3 Å². The van der Waals surface area contributed by atoms with E-state index in [9.17, 15) is 0 Å². The maximum absolute atomic E-state index is 8.33. The van der Waals surface area contributed by atoms with Crippen molar-refractivity contribution in [3.8, 4) is 0 Å². The van der Waals surface area contributed by atoms with Crippen LogP contribution in [0.4, 0.5) is 9.59 Å². The Morgan fingerprint density at radius 3 is 0.778 bits per heavy atom. The predicted molar refractivity (Wildman–Crippen MR) is 16.8 cm³/mol. The fraction of sp³-hybridized carbons (Fsp3) is 0. The fourth-order valence-corrected chi connectivity index (χ4v) is 0. The van der Waals surface area contributed by atoms with E-state index in [1.165, 1.54) is 0 Å². The Hall–Kier alpha value is -1.50. The van der Waals surface area contributed by atoms with Crippen molar-refractivity contribution < 1.29 is 30.0 Å². The molecule has 0 rings (SSSR count). The molecule has 0 heterocycles. The summed E-state index contributed by atoms with van der Waals surface area (Å²) in [6.07, 6.45) is -4.67. The molecule has 0 aromatic carbocycles. The van der Waals surface area contributed by atoms with Crippen molar-refractivity contribution in [3.63, 3.8) is 0 Å². The minimum atomic E-state index is -2.33. The molecule has 56 valence electrons. The molecule has 0 saturated heterocycles. The van der Waals surface area contributed by atoms with Crippen LogP contribution in [-0.2, 0) is 0 Å². The van der Waals surface area contributed by atoms with Gasteiger partial charge < -0.3 is 36.2 Å². The summed E-state index contributed by atoms with van der Waals surface area (Å²) in [5.74, 6) is 0. The molecule has 7 nitrogen and oxygen atoms in total. The van der Waals surface area contributed by atoms with E-state index in [2.05, 4.69) is 0 Å². The van der Waals surface area contributed by atoms with Crippen molar-refractivity contribution in [3.05, 3.63) is 0 Å². The average Bonchev–Trinajstić information content (AvgIpc) is 1.25. The van der Waals surface area contributed by atoms with Crippen LogP contribution in [0.5, 0.6) is 0 Å². The third kappa shape index (κ3) is 58.5. The van der Waals surface area contributed by atoms with Gasteiger partial charge in [-0.1, -0.05) is 0 Å². The summed E-state index contributed by atoms with van der Waals surface area (Å²) in [5.41, 5.74) is 0. The van der Waals surface area contributed by atoms with Crippen LogP contribution in [0.3, 0.4) is 0 Å². The van der Waals surface area contributed by atoms with Gasteiger partial charge in [-0.25, -0.2) is 0 Å². The van der Waals surface area contributed by atoms with E-state index in [0.717, 1.165) is 0 Å². The highest BCUT2D eigenvalue weighted by molar-refractivity contribution is 5.47. The smallest absolute Gasteiger partial charge is 0.0431 e. The van der Waals surface area contributed by atoms with Gasteiger partial charge in [0.1, 0.15) is 0 Å². The van der Waals surface area contributed by atoms with Gasteiger partial charge in [0.15, 0.2) is 0 Å². The lowest BCUT2D eigenvalue weighted by atomic mass is 11.5. The number of quaternary nitrogens is 1. The summed E-state index contributed by atoms with van der Waals surface area (Å²) < 4.78 is 0. The molecule has 0 aliphatic rings. The molecule has 0 aromatic heterocycles. The van der Waals surface area contributed by atoms with Gasteiger partial charge >= 0.3 is 0 Å². The molecular formula is C2H4NO6-3. The number of carbonyl (C=O) groups excluding carboxylic acids is 2. The van der Waals surface area contributed by atoms with Gasteiger partial charge in [0.2, 0.25) is 0 Å². The minimum absolute atomic E-state index is 0. The molecule has 4 N–H and O–H groups in total. The van der Waals surface area contributed by atoms with E-state index < -0.39 is 12.3 Å². The monoisotopic (exact) mass is 138 g/mol. The molecule has 0 radical (unpaired) electrons. The summed E-state index contributed by atoms with van der Waals surface area (Å²) >= 11 is 0. The minimum Gasteiger partial charge on any atom is -0.652 e. The summed E-state index contributed by atoms with van der Waals surface area (Å²) in [7, 11) is 0. The normalized spacial score (nSPS) is 5.33. The third-order valence-corrected chi connectivity index (χ3v) is 0. The van der Waals surface area contributed by atoms with Crippen LogP contribution >= 0.6 is 0 Å². The lowest BCUT2D eigenvalue weighted by Gasteiger charge is -1.96. The van der Waals surface area contributed by atoms with Crippen LogP contribution in [0.25, 0.3) is 0 Å². The standard InChI is InChI=1S/2CH2O3.H3N/c2*2-1(3)4;/h2*(H2,2,3,4);1H3/p-3. The predicted octanol–water partition coefficient (Wildman–Crippen LogP) is -4.52. The van der Waals surface area contributed by atoms with Gasteiger partial charge in [0.25, 0.3) is 0 Å². The maximum Gasteiger partial charge on any atom is -0.0431 e. The van der Waals surface area contributed by atoms with Crippen LogP contribution in [0.1, 0.15) is 0 Å². The number of carboxylic acid groups (broad SMARTS) is 4. The Morgan fingerprint density at radius 1 is 0.778 bits per heavy atom. The van der Waals surface area contributed by atoms with Crippen molar-refractivity contribution in [2.45, 2.75) is 0 Å². The lowest BCUT2D eigenvalue weighted by molar-refractivity contribution is -0.417. The lowest BCUT2D eigenvalue weighted by Crippen LogP contribution is -2.37. The first-order valence-electron chi connectivity index (χ1n) is 1.22. The molecule has 0 amide bonds. The van der Waals surface area contributed by atoms with E-state index in [1.54, 1.807) is 0 Å². The van der Waals surface area contributed by atoms with Crippen molar-refractivity contribution >= 4 is 12.3 Å². The molecule has 0 spiro atoms. The molecule has 0 aliphatic heterocycles. The fourth-order valence-electron chi connectivity index (χ4n) is 0. The van der Waals surface area contributed by atoms with Crippen LogP contribution in [0.15, 0.2) is 0 Å². The Balaban J connectivity index is -0.0000000720. The summed E-state index contributed by atoms with van der Waals surface area (Å²) in [6, 6.07) is 0. The van der Waals surface area contributed by atoms with E-state index in [4.69, 9.17) is 30.0 Å². The zero-order valence-corrected chi connectivity index (χ0v) is 4.45. The first-order chi connectivity index (χ1) is 3.46. The first kappa shape index (κ1) is 15.6. The summed E-state index contributed by atoms with van der Waals surface area (Å²) in [6.45, 7) is 0. The number of rotatable bonds is 0. The molecule has 0 unspecified atom stereocenters. The second-order valence-electron chi connectivity index (χ2n) is 0.500. The Morgan fingerprint density at radius 2 is 0.778 bits per heavy atom. The van der Waals surface area contributed by atoms with Crippen molar-refractivity contribution in [2.24, 2.45) is 0 Å². The van der Waals surface area contributed by atoms with Crippen LogP contribution in [0.2, 0.25) is 0 Å². The molecule has 0 saturated carbocycles. The maximum atomic E-state index is 8.33. The van der Waals surface area contributed by atoms with Gasteiger partial charge in [-0.3, -0.25) is 0 Å². The molecule has 0 atom stereocenters. The summed E-state index contributed by atoms with van der Waals surface area (Å²) in [4.78, 5) is 16.7. The average molecular weight is 138 g/mol. The van der Waals surface area contributed by atoms with Crippen molar-refractivity contribution in [1.29, 1.82) is 0 Å². The number of hydrogen-bond donors (Lipinski definition) is 1. The highest BCUT2D eigenvalue weighted by atomic mass is 16.6. The Labute approximate surface area is 49.7 Å². The van der Waals surface area contributed by atoms with E-state index in [0.29, 0.717) is 0 Å². The molecular weight excluding hydrogens is 134 g/mol. The topological polar surface area (TPSA) is 163 Å². The highest BCUT2D eigenvalue weighted by Crippen LogP contribution is 1.21. The van der Waals surface area contributed by atoms with Crippen LogP contribution in [0, 0.1) is 0 Å². The van der Waals surface area contributed by atoms with E-state index in [1.807, 2.05) is 0 Å². The quantitative estimate of drug-likeness (QED) is 0.354. The molecule has 0 aromatic rings. The number of hydrogen-bond acceptors (Lipinski definition) is 6. The van der Waals surface area contributed by atoms with E-state index in [-0.39, 0.29) is 6.15 Å². The zero-order valence-electron chi connectivity index (χ0n) is 4.45. The van der Waals surface area contributed by atoms with Crippen molar-refractivity contribution in [2.75, 3.05) is 0 Å². The SMILES string of the molecule is O=C([O-])[O-].O=C([O-])[O-].[NH4+]. The van der Waals surface area contributed by atoms with Gasteiger partial charge in [0, 0.05) is 0 Å². The molecule has 0 bridgehead atoms. The molecule has 7 heteroatoms. The molecule has 0 fully saturated rings. The highest BCUT2D eigenvalue weighted by Gasteiger charge is 1.27. The van der Waals surface area contributed by atoms with Gasteiger partial charge in [0.05, 0.1) is 0 Å². The van der Waals surface area contributed by atoms with Crippen LogP contribution in [-0.4, -0.2) is 12.3 Å². The number of carbonyl (C=O) groups is 2. The van der Waals surface area contributed by atoms with E-state index >= 15 is 0 Å². The van der Waals surface area contributed by atoms with Gasteiger partial charge in [-0.2, -0.15) is 0 Å². The second-order valence-corrected chi connectivity index (χ2v) is 0.500. The second kappa shape index (κ2) is 9.71. The summed E-state index contributed by atoms with van der Waals surface area (Å²) in [5, 5.41) is 33.3. The van der Waals surface area contributed by atoms with Gasteiger partial charge in [-0.15, -0.1) is 0 Å². The largest absolute Gasteiger partial charge is 0.652 e. The molecule has 9 heavy (non-hydrogen) atoms. The first-order valence-corrected chi connectivity index (χ1v) is 1.22. The van der Waals surface area contributed by atoms with Crippen LogP contribution < -0.4 is 26.6 Å². The molecule has 0 aliphatic carbocycles. The Kier molecular flexibility index (Phi) is 16.9. The zero-order chi connectivity index (χ0) is 7.15. The third-order valence-electron chi connectivity index (χ3n) is 0.